The molecule has 1 aromatic carbocycles. The molecule has 1 saturated heterocycles. The third-order valence-corrected chi connectivity index (χ3v) is 3.48. The number of aryl methyl sites for hydroxylation is 1. The van der Waals surface area contributed by atoms with Crippen LogP contribution in [0.25, 0.3) is 0 Å². The third-order valence-electron chi connectivity index (χ3n) is 3.48. The highest BCUT2D eigenvalue weighted by atomic mass is 19.1. The fourth-order valence-electron chi connectivity index (χ4n) is 2.64. The van der Waals surface area contributed by atoms with E-state index in [9.17, 15) is 9.18 Å². The van der Waals surface area contributed by atoms with Crippen molar-refractivity contribution in [3.63, 3.8) is 0 Å². The smallest absolute Gasteiger partial charge is 0.279 e. The quantitative estimate of drug-likeness (QED) is 0.859. The first-order valence-corrected chi connectivity index (χ1v) is 6.99. The lowest BCUT2D eigenvalue weighted by Crippen LogP contribution is -3.16. The van der Waals surface area contributed by atoms with E-state index in [1.165, 1.54) is 11.0 Å². The predicted molar refractivity (Wildman–Crippen MR) is 75.3 cm³/mol. The third kappa shape index (κ3) is 4.02. The van der Waals surface area contributed by atoms with Crippen LogP contribution >= 0.6 is 0 Å². The van der Waals surface area contributed by atoms with Crippen LogP contribution < -0.4 is 10.2 Å². The Morgan fingerprint density at radius 2 is 2.05 bits per heavy atom. The lowest BCUT2D eigenvalue weighted by Gasteiger charge is -2.31. The second-order valence-electron chi connectivity index (χ2n) is 5.60. The number of anilines is 1. The largest absolute Gasteiger partial charge is 0.364 e. The second kappa shape index (κ2) is 6.33. The van der Waals surface area contributed by atoms with Gasteiger partial charge in [-0.15, -0.1) is 0 Å². The van der Waals surface area contributed by atoms with E-state index in [0.717, 1.165) is 13.1 Å². The van der Waals surface area contributed by atoms with Gasteiger partial charge in [-0.1, -0.05) is 6.07 Å². The van der Waals surface area contributed by atoms with Crippen molar-refractivity contribution in [2.75, 3.05) is 25.0 Å². The van der Waals surface area contributed by atoms with Crippen LogP contribution in [0.4, 0.5) is 10.1 Å². The zero-order valence-corrected chi connectivity index (χ0v) is 12.2. The Kier molecular flexibility index (Phi) is 4.73. The van der Waals surface area contributed by atoms with E-state index in [4.69, 9.17) is 4.74 Å². The van der Waals surface area contributed by atoms with Gasteiger partial charge in [-0.05, 0) is 38.5 Å². The maximum Gasteiger partial charge on any atom is 0.279 e. The van der Waals surface area contributed by atoms with Crippen LogP contribution in [0.3, 0.4) is 0 Å². The number of nitrogens with one attached hydrogen (secondary N) is 2. The molecule has 0 aromatic heterocycles. The molecular weight excluding hydrogens is 259 g/mol. The van der Waals surface area contributed by atoms with Gasteiger partial charge in [0.15, 0.2) is 6.54 Å². The van der Waals surface area contributed by atoms with E-state index in [0.29, 0.717) is 17.8 Å². The average molecular weight is 281 g/mol. The van der Waals surface area contributed by atoms with Gasteiger partial charge >= 0.3 is 0 Å². The summed E-state index contributed by atoms with van der Waals surface area (Å²) in [6, 6.07) is 4.74. The van der Waals surface area contributed by atoms with E-state index in [2.05, 4.69) is 5.32 Å². The number of hydrogen-bond donors (Lipinski definition) is 2. The van der Waals surface area contributed by atoms with Gasteiger partial charge in [-0.2, -0.15) is 0 Å². The first-order chi connectivity index (χ1) is 9.44. The molecule has 5 heteroatoms. The standard InChI is InChI=1S/C15H21FN2O2/c1-10-4-5-13(6-14(10)16)17-15(19)9-18-7-11(2)20-12(3)8-18/h4-6,11-12H,7-9H2,1-3H3,(H,17,19)/p+1/t11-,12-/m1/s1. The SMILES string of the molecule is Cc1ccc(NC(=O)C[NH+]2C[C@@H](C)O[C@H](C)C2)cc1F. The van der Waals surface area contributed by atoms with Crippen LogP contribution in [0.2, 0.25) is 0 Å². The number of carbonyl (C=O) groups is 1. The van der Waals surface area contributed by atoms with Crippen LogP contribution in [-0.2, 0) is 9.53 Å². The molecule has 0 aliphatic carbocycles. The molecule has 1 aliphatic rings. The number of carbonyl (C=O) groups excluding carboxylic acids is 1. The van der Waals surface area contributed by atoms with Gasteiger partial charge in [0.05, 0.1) is 0 Å². The van der Waals surface area contributed by atoms with E-state index in [1.54, 1.807) is 19.1 Å². The normalized spacial score (nSPS) is 26.3. The van der Waals surface area contributed by atoms with Crippen molar-refractivity contribution in [2.45, 2.75) is 33.0 Å². The molecule has 1 amide bonds. The van der Waals surface area contributed by atoms with Gasteiger partial charge in [0.2, 0.25) is 0 Å². The molecule has 2 rings (SSSR count). The summed E-state index contributed by atoms with van der Waals surface area (Å²) in [7, 11) is 0. The molecule has 4 nitrogen and oxygen atoms in total. The summed E-state index contributed by atoms with van der Waals surface area (Å²) in [4.78, 5) is 13.2. The van der Waals surface area contributed by atoms with Gasteiger partial charge < -0.3 is 15.0 Å². The van der Waals surface area contributed by atoms with Crippen molar-refractivity contribution >= 4 is 11.6 Å². The van der Waals surface area contributed by atoms with Crippen molar-refractivity contribution in [3.8, 4) is 0 Å². The number of morpholine rings is 1. The van der Waals surface area contributed by atoms with Crippen molar-refractivity contribution in [1.29, 1.82) is 0 Å². The maximum atomic E-state index is 13.4. The zero-order chi connectivity index (χ0) is 14.7. The van der Waals surface area contributed by atoms with Crippen molar-refractivity contribution in [3.05, 3.63) is 29.6 Å². The molecule has 2 atom stereocenters. The molecular formula is C15H22FN2O2+. The molecule has 0 radical (unpaired) electrons. The van der Waals surface area contributed by atoms with Gasteiger partial charge in [0.25, 0.3) is 5.91 Å². The number of hydrogen-bond acceptors (Lipinski definition) is 2. The van der Waals surface area contributed by atoms with Crippen LogP contribution in [-0.4, -0.2) is 37.7 Å². The molecule has 20 heavy (non-hydrogen) atoms. The summed E-state index contributed by atoms with van der Waals surface area (Å²) < 4.78 is 19.1. The molecule has 0 saturated carbocycles. The number of rotatable bonds is 3. The summed E-state index contributed by atoms with van der Waals surface area (Å²) in [5.41, 5.74) is 1.08. The fraction of sp³-hybridized carbons (Fsp3) is 0.533. The highest BCUT2D eigenvalue weighted by molar-refractivity contribution is 5.91. The summed E-state index contributed by atoms with van der Waals surface area (Å²) in [6.45, 7) is 7.75. The molecule has 2 N–H and O–H groups in total. The number of benzene rings is 1. The predicted octanol–water partition coefficient (Wildman–Crippen LogP) is 0.765. The van der Waals surface area contributed by atoms with Gasteiger partial charge in [0.1, 0.15) is 31.1 Å². The Labute approximate surface area is 118 Å². The molecule has 110 valence electrons. The van der Waals surface area contributed by atoms with Gasteiger partial charge in [-0.25, -0.2) is 4.39 Å². The molecule has 1 heterocycles. The number of halogens is 1. The number of quaternary nitrogens is 1. The highest BCUT2D eigenvalue weighted by Crippen LogP contribution is 2.13. The van der Waals surface area contributed by atoms with E-state index >= 15 is 0 Å². The first-order valence-electron chi connectivity index (χ1n) is 6.99. The molecule has 0 spiro atoms. The second-order valence-corrected chi connectivity index (χ2v) is 5.60. The number of amides is 1. The maximum absolute atomic E-state index is 13.4. The Morgan fingerprint density at radius 3 is 2.65 bits per heavy atom. The summed E-state index contributed by atoms with van der Waals surface area (Å²) in [5.74, 6) is -0.395. The minimum Gasteiger partial charge on any atom is -0.364 e. The molecule has 1 aromatic rings. The molecule has 1 fully saturated rings. The Balaban J connectivity index is 1.90. The molecule has 0 unspecified atom stereocenters. The zero-order valence-electron chi connectivity index (χ0n) is 12.2. The topological polar surface area (TPSA) is 42.8 Å². The van der Waals surface area contributed by atoms with Crippen molar-refractivity contribution < 1.29 is 18.8 Å². The van der Waals surface area contributed by atoms with E-state index < -0.39 is 0 Å². The lowest BCUT2D eigenvalue weighted by molar-refractivity contribution is -0.907. The van der Waals surface area contributed by atoms with Crippen molar-refractivity contribution in [1.82, 2.24) is 0 Å². The minimum absolute atomic E-state index is 0.0930. The summed E-state index contributed by atoms with van der Waals surface area (Å²) in [6.07, 6.45) is 0.330. The monoisotopic (exact) mass is 281 g/mol. The van der Waals surface area contributed by atoms with Crippen LogP contribution in [0.1, 0.15) is 19.4 Å². The Bertz CT molecular complexity index is 483. The van der Waals surface area contributed by atoms with Crippen LogP contribution in [0, 0.1) is 12.7 Å². The Morgan fingerprint density at radius 1 is 1.40 bits per heavy atom. The van der Waals surface area contributed by atoms with Gasteiger partial charge in [-0.3, -0.25) is 4.79 Å². The summed E-state index contributed by atoms with van der Waals surface area (Å²) in [5, 5.41) is 2.75. The lowest BCUT2D eigenvalue weighted by atomic mass is 10.2. The van der Waals surface area contributed by atoms with Crippen LogP contribution in [0.15, 0.2) is 18.2 Å². The first kappa shape index (κ1) is 14.9. The fourth-order valence-corrected chi connectivity index (χ4v) is 2.64. The van der Waals surface area contributed by atoms with E-state index in [-0.39, 0.29) is 23.9 Å². The van der Waals surface area contributed by atoms with Crippen molar-refractivity contribution in [2.24, 2.45) is 0 Å². The molecule has 1 aliphatic heterocycles. The van der Waals surface area contributed by atoms with Gasteiger partial charge in [0, 0.05) is 5.69 Å². The van der Waals surface area contributed by atoms with E-state index in [1.807, 2.05) is 13.8 Å². The average Bonchev–Trinajstić information content (AvgIpc) is 2.32. The Hall–Kier alpha value is -1.46. The summed E-state index contributed by atoms with van der Waals surface area (Å²) >= 11 is 0. The molecule has 0 bridgehead atoms. The minimum atomic E-state index is -0.302. The van der Waals surface area contributed by atoms with Crippen LogP contribution in [0.5, 0.6) is 0 Å². The highest BCUT2D eigenvalue weighted by Gasteiger charge is 2.27. The number of ether oxygens (including phenoxy) is 1.